The number of halogens is 3. The van der Waals surface area contributed by atoms with Crippen molar-refractivity contribution < 1.29 is 21.6 Å². The van der Waals surface area contributed by atoms with E-state index in [1.165, 1.54) is 12.1 Å². The lowest BCUT2D eigenvalue weighted by Gasteiger charge is -2.25. The Morgan fingerprint density at radius 3 is 2.33 bits per heavy atom. The molecule has 134 valence electrons. The first-order chi connectivity index (χ1) is 11.1. The Morgan fingerprint density at radius 2 is 1.79 bits per heavy atom. The monoisotopic (exact) mass is 362 g/mol. The van der Waals surface area contributed by atoms with Crippen LogP contribution in [0.2, 0.25) is 0 Å². The summed E-state index contributed by atoms with van der Waals surface area (Å²) in [6, 6.07) is 5.10. The number of nitrogens with zero attached hydrogens (tertiary/aromatic N) is 2. The summed E-state index contributed by atoms with van der Waals surface area (Å²) in [6.45, 7) is 1.59. The number of fused-ring (bicyclic) bond motifs is 1. The molecule has 0 unspecified atom stereocenters. The summed E-state index contributed by atoms with van der Waals surface area (Å²) in [5.41, 5.74) is 0.0987. The van der Waals surface area contributed by atoms with Crippen LogP contribution in [-0.2, 0) is 22.6 Å². The minimum atomic E-state index is -4.34. The number of alkyl halides is 3. The summed E-state index contributed by atoms with van der Waals surface area (Å²) in [7, 11) is 0.679. The third-order valence-corrected chi connectivity index (χ3v) is 7.32. The Hall–Kier alpha value is -1.12. The topological polar surface area (TPSA) is 40.6 Å². The highest BCUT2D eigenvalue weighted by molar-refractivity contribution is 7.92. The lowest BCUT2D eigenvalue weighted by atomic mass is 10.00. The molecule has 1 aromatic carbocycles. The predicted octanol–water partition coefficient (Wildman–Crippen LogP) is 1.86. The molecule has 2 heterocycles. The van der Waals surface area contributed by atoms with Gasteiger partial charge in [0.1, 0.15) is 0 Å². The molecule has 8 heteroatoms. The van der Waals surface area contributed by atoms with Crippen molar-refractivity contribution in [3.63, 3.8) is 0 Å². The lowest BCUT2D eigenvalue weighted by molar-refractivity contribution is -0.137. The summed E-state index contributed by atoms with van der Waals surface area (Å²) in [4.78, 5) is 4.00. The third kappa shape index (κ3) is 3.32. The first kappa shape index (κ1) is 17.7. The summed E-state index contributed by atoms with van der Waals surface area (Å²) in [5, 5.41) is -0.362. The molecule has 3 rings (SSSR count). The summed E-state index contributed by atoms with van der Waals surface area (Å²) < 4.78 is 62.5. The fourth-order valence-electron chi connectivity index (χ4n) is 3.83. The lowest BCUT2D eigenvalue weighted by Crippen LogP contribution is -2.37. The van der Waals surface area contributed by atoms with E-state index in [2.05, 4.69) is 0 Å². The van der Waals surface area contributed by atoms with Crippen molar-refractivity contribution in [2.24, 2.45) is 5.92 Å². The fraction of sp³-hybridized carbons (Fsp3) is 0.625. The quantitative estimate of drug-likeness (QED) is 0.823. The van der Waals surface area contributed by atoms with Gasteiger partial charge in [0.2, 0.25) is 0 Å². The molecule has 2 aliphatic rings. The van der Waals surface area contributed by atoms with Gasteiger partial charge in [-0.15, -0.1) is 0 Å². The van der Waals surface area contributed by atoms with Crippen LogP contribution in [0.25, 0.3) is 0 Å². The number of sulfone groups is 1. The van der Waals surface area contributed by atoms with E-state index >= 15 is 0 Å². The molecular weight excluding hydrogens is 341 g/mol. The van der Waals surface area contributed by atoms with Crippen LogP contribution in [0.5, 0.6) is 0 Å². The van der Waals surface area contributed by atoms with E-state index in [-0.39, 0.29) is 23.0 Å². The molecule has 1 aromatic rings. The van der Waals surface area contributed by atoms with E-state index in [9.17, 15) is 21.6 Å². The van der Waals surface area contributed by atoms with Gasteiger partial charge in [-0.2, -0.15) is 13.2 Å². The van der Waals surface area contributed by atoms with Gasteiger partial charge in [-0.3, -0.25) is 4.90 Å². The van der Waals surface area contributed by atoms with Crippen LogP contribution in [0, 0.1) is 5.92 Å². The molecule has 0 aliphatic carbocycles. The highest BCUT2D eigenvalue weighted by Crippen LogP contribution is 2.36. The van der Waals surface area contributed by atoms with Crippen LogP contribution < -0.4 is 0 Å². The third-order valence-electron chi connectivity index (χ3n) is 5.09. The summed E-state index contributed by atoms with van der Waals surface area (Å²) >= 11 is 0. The molecule has 0 N–H and O–H groups in total. The van der Waals surface area contributed by atoms with Crippen molar-refractivity contribution in [3.8, 4) is 0 Å². The predicted molar refractivity (Wildman–Crippen MR) is 85.3 cm³/mol. The molecular formula is C16H21F3N2O2S. The molecule has 2 aliphatic heterocycles. The maximum atomic E-state index is 12.6. The van der Waals surface area contributed by atoms with E-state index in [1.54, 1.807) is 0 Å². The SMILES string of the molecule is CN(C)[C@@H]1CS(=O)(=O)[C@H]2CN(Cc3ccc(C(F)(F)F)cc3)C[C@@H]12. The molecule has 0 radical (unpaired) electrons. The van der Waals surface area contributed by atoms with Crippen molar-refractivity contribution in [3.05, 3.63) is 35.4 Å². The molecule has 0 bridgehead atoms. The van der Waals surface area contributed by atoms with Crippen molar-refractivity contribution in [1.82, 2.24) is 9.80 Å². The zero-order valence-electron chi connectivity index (χ0n) is 13.6. The maximum Gasteiger partial charge on any atom is 0.416 e. The average Bonchev–Trinajstić information content (AvgIpc) is 2.98. The van der Waals surface area contributed by atoms with Crippen LogP contribution in [0.4, 0.5) is 13.2 Å². The first-order valence-corrected chi connectivity index (χ1v) is 9.56. The van der Waals surface area contributed by atoms with Crippen LogP contribution in [0.1, 0.15) is 11.1 Å². The minimum absolute atomic E-state index is 0.0117. The molecule has 0 spiro atoms. The first-order valence-electron chi connectivity index (χ1n) is 7.84. The molecule has 0 aromatic heterocycles. The van der Waals surface area contributed by atoms with Crippen LogP contribution in [0.15, 0.2) is 24.3 Å². The molecule has 2 fully saturated rings. The summed E-state index contributed by atoms with van der Waals surface area (Å²) in [6.07, 6.45) is -4.34. The van der Waals surface area contributed by atoms with Gasteiger partial charge in [0.15, 0.2) is 9.84 Å². The van der Waals surface area contributed by atoms with E-state index in [0.29, 0.717) is 19.6 Å². The standard InChI is InChI=1S/C16H21F3N2O2S/c1-20(2)14-10-24(22,23)15-9-21(8-13(14)15)7-11-3-5-12(6-4-11)16(17,18)19/h3-6,13-15H,7-10H2,1-2H3/t13-,14+,15-/m0/s1. The number of hydrogen-bond donors (Lipinski definition) is 0. The fourth-order valence-corrected chi connectivity index (χ4v) is 6.34. The Morgan fingerprint density at radius 1 is 1.17 bits per heavy atom. The van der Waals surface area contributed by atoms with Crippen LogP contribution in [0.3, 0.4) is 0 Å². The number of rotatable bonds is 3. The van der Waals surface area contributed by atoms with E-state index < -0.39 is 21.6 Å². The average molecular weight is 362 g/mol. The minimum Gasteiger partial charge on any atom is -0.305 e. The molecule has 0 amide bonds. The second-order valence-electron chi connectivity index (χ2n) is 6.95. The van der Waals surface area contributed by atoms with Crippen molar-refractivity contribution >= 4 is 9.84 Å². The van der Waals surface area contributed by atoms with Gasteiger partial charge in [-0.25, -0.2) is 8.42 Å². The van der Waals surface area contributed by atoms with Crippen molar-refractivity contribution in [1.29, 1.82) is 0 Å². The van der Waals surface area contributed by atoms with E-state index in [4.69, 9.17) is 0 Å². The van der Waals surface area contributed by atoms with Gasteiger partial charge in [0, 0.05) is 31.6 Å². The smallest absolute Gasteiger partial charge is 0.305 e. The zero-order chi connectivity index (χ0) is 17.7. The number of benzene rings is 1. The van der Waals surface area contributed by atoms with Crippen molar-refractivity contribution in [2.45, 2.75) is 24.0 Å². The molecule has 3 atom stereocenters. The largest absolute Gasteiger partial charge is 0.416 e. The summed E-state index contributed by atoms with van der Waals surface area (Å²) in [5.74, 6) is 0.267. The highest BCUT2D eigenvalue weighted by Gasteiger charge is 2.52. The van der Waals surface area contributed by atoms with Gasteiger partial charge in [-0.05, 0) is 31.8 Å². The van der Waals surface area contributed by atoms with Crippen LogP contribution in [-0.4, -0.2) is 62.4 Å². The van der Waals surface area contributed by atoms with Crippen LogP contribution >= 0.6 is 0 Å². The normalized spacial score (nSPS) is 30.0. The van der Waals surface area contributed by atoms with Gasteiger partial charge in [0.25, 0.3) is 0 Å². The Labute approximate surface area is 140 Å². The molecule has 0 saturated carbocycles. The maximum absolute atomic E-state index is 12.6. The van der Waals surface area contributed by atoms with Gasteiger partial charge in [-0.1, -0.05) is 12.1 Å². The Bertz CT molecular complexity index is 701. The number of likely N-dealkylation sites (tertiary alicyclic amines) is 1. The second kappa shape index (κ2) is 6.00. The second-order valence-corrected chi connectivity index (χ2v) is 9.22. The van der Waals surface area contributed by atoms with Gasteiger partial charge in [0.05, 0.1) is 16.6 Å². The van der Waals surface area contributed by atoms with Crippen molar-refractivity contribution in [2.75, 3.05) is 32.9 Å². The number of hydrogen-bond acceptors (Lipinski definition) is 4. The van der Waals surface area contributed by atoms with E-state index in [1.807, 2.05) is 23.9 Å². The van der Waals surface area contributed by atoms with Gasteiger partial charge >= 0.3 is 6.18 Å². The Balaban J connectivity index is 1.70. The Kier molecular flexibility index (Phi) is 4.42. The molecule has 4 nitrogen and oxygen atoms in total. The zero-order valence-corrected chi connectivity index (χ0v) is 14.4. The highest BCUT2D eigenvalue weighted by atomic mass is 32.2. The molecule has 2 saturated heterocycles. The molecule has 24 heavy (non-hydrogen) atoms. The van der Waals surface area contributed by atoms with Gasteiger partial charge < -0.3 is 4.90 Å². The van der Waals surface area contributed by atoms with E-state index in [0.717, 1.165) is 17.7 Å².